The summed E-state index contributed by atoms with van der Waals surface area (Å²) in [5, 5.41) is -1.05. The topological polar surface area (TPSA) is 91.8 Å². The molecule has 1 saturated heterocycles. The largest absolute Gasteiger partial charge is 0.340 e. The molecule has 2 aromatic rings. The van der Waals surface area contributed by atoms with Crippen LogP contribution < -0.4 is 0 Å². The number of fused-ring (bicyclic) bond motifs is 1. The average molecular weight is 444 g/mol. The highest BCUT2D eigenvalue weighted by Crippen LogP contribution is 2.32. The molecule has 31 heavy (non-hydrogen) atoms. The van der Waals surface area contributed by atoms with Crippen LogP contribution in [0, 0.1) is 5.82 Å². The fourth-order valence-corrected chi connectivity index (χ4v) is 5.99. The molecule has 2 aliphatic heterocycles. The number of benzene rings is 2. The Labute approximate surface area is 179 Å². The van der Waals surface area contributed by atoms with Gasteiger partial charge in [-0.05, 0) is 31.5 Å². The number of nitrogens with zero attached hydrogens (tertiary/aromatic N) is 2. The average Bonchev–Trinajstić information content (AvgIpc) is 2.89. The van der Waals surface area contributed by atoms with Crippen LogP contribution in [0.2, 0.25) is 0 Å². The van der Waals surface area contributed by atoms with Gasteiger partial charge in [0.05, 0.1) is 22.1 Å². The van der Waals surface area contributed by atoms with Crippen molar-refractivity contribution in [3.05, 3.63) is 71.0 Å². The second-order valence-electron chi connectivity index (χ2n) is 7.69. The smallest absolute Gasteiger partial charge is 0.262 e. The minimum absolute atomic E-state index is 0.0316. The van der Waals surface area contributed by atoms with Gasteiger partial charge in [-0.2, -0.15) is 0 Å². The fourth-order valence-electron chi connectivity index (χ4n) is 4.18. The highest BCUT2D eigenvalue weighted by molar-refractivity contribution is 7.91. The minimum Gasteiger partial charge on any atom is -0.340 e. The molecular weight excluding hydrogens is 423 g/mol. The Bertz CT molecular complexity index is 1140. The quantitative estimate of drug-likeness (QED) is 0.677. The van der Waals surface area contributed by atoms with Crippen molar-refractivity contribution in [1.82, 2.24) is 9.80 Å². The number of sulfone groups is 1. The zero-order chi connectivity index (χ0) is 22.3. The zero-order valence-corrected chi connectivity index (χ0v) is 17.6. The summed E-state index contributed by atoms with van der Waals surface area (Å²) in [5.74, 6) is -2.54. The van der Waals surface area contributed by atoms with Crippen LogP contribution in [0.25, 0.3) is 0 Å². The fraction of sp³-hybridized carbons (Fsp3) is 0.318. The van der Waals surface area contributed by atoms with Crippen LogP contribution in [0.15, 0.2) is 48.5 Å². The van der Waals surface area contributed by atoms with Crippen molar-refractivity contribution in [3.63, 3.8) is 0 Å². The van der Waals surface area contributed by atoms with Crippen LogP contribution >= 0.6 is 0 Å². The van der Waals surface area contributed by atoms with Gasteiger partial charge in [0.15, 0.2) is 9.84 Å². The Morgan fingerprint density at radius 1 is 1.00 bits per heavy atom. The molecule has 2 atom stereocenters. The van der Waals surface area contributed by atoms with Crippen molar-refractivity contribution in [3.8, 4) is 0 Å². The number of rotatable bonds is 3. The van der Waals surface area contributed by atoms with Crippen LogP contribution in [0.5, 0.6) is 0 Å². The molecule has 7 nitrogen and oxygen atoms in total. The predicted molar refractivity (Wildman–Crippen MR) is 111 cm³/mol. The molecule has 2 aliphatic rings. The van der Waals surface area contributed by atoms with Gasteiger partial charge in [-0.25, -0.2) is 12.8 Å². The number of carbonyl (C=O) groups excluding carboxylic acids is 3. The van der Waals surface area contributed by atoms with E-state index >= 15 is 0 Å². The summed E-state index contributed by atoms with van der Waals surface area (Å²) in [4.78, 5) is 40.7. The molecule has 0 aliphatic carbocycles. The van der Waals surface area contributed by atoms with Crippen molar-refractivity contribution >= 4 is 27.6 Å². The van der Waals surface area contributed by atoms with Crippen molar-refractivity contribution in [1.29, 1.82) is 0 Å². The monoisotopic (exact) mass is 444 g/mol. The lowest BCUT2D eigenvalue weighted by Crippen LogP contribution is -2.50. The van der Waals surface area contributed by atoms with Gasteiger partial charge in [0.1, 0.15) is 11.9 Å². The van der Waals surface area contributed by atoms with Gasteiger partial charge >= 0.3 is 0 Å². The maximum absolute atomic E-state index is 14.2. The Kier molecular flexibility index (Phi) is 5.38. The molecule has 2 unspecified atom stereocenters. The molecule has 0 spiro atoms. The summed E-state index contributed by atoms with van der Waals surface area (Å²) in [5.41, 5.74) is 0.570. The number of hydrogen-bond acceptors (Lipinski definition) is 5. The molecule has 162 valence electrons. The number of carbonyl (C=O) groups is 3. The van der Waals surface area contributed by atoms with Gasteiger partial charge in [0.2, 0.25) is 5.91 Å². The first-order valence-corrected chi connectivity index (χ1v) is 11.7. The van der Waals surface area contributed by atoms with Gasteiger partial charge in [0.25, 0.3) is 11.8 Å². The van der Waals surface area contributed by atoms with Crippen LogP contribution in [0.1, 0.15) is 44.9 Å². The van der Waals surface area contributed by atoms with Crippen molar-refractivity contribution in [2.45, 2.75) is 24.6 Å². The van der Waals surface area contributed by atoms with Crippen molar-refractivity contribution in [2.24, 2.45) is 0 Å². The lowest BCUT2D eigenvalue weighted by molar-refractivity contribution is -0.134. The third-order valence-electron chi connectivity index (χ3n) is 5.87. The van der Waals surface area contributed by atoms with Crippen molar-refractivity contribution in [2.75, 3.05) is 18.8 Å². The Hall–Kier alpha value is -3.07. The van der Waals surface area contributed by atoms with Crippen molar-refractivity contribution < 1.29 is 27.2 Å². The molecular formula is C22H21FN2O5S. The first kappa shape index (κ1) is 21.2. The standard InChI is InChI=1S/C22H21FN2O5S/c1-14(25-21(27)15-6-2-3-7-16(15)22(25)28)20(26)24-11-10-19(31(29,30)13-12-24)17-8-4-5-9-18(17)23/h2-9,14,19H,10-13H2,1H3. The van der Waals surface area contributed by atoms with Gasteiger partial charge in [-0.15, -0.1) is 0 Å². The first-order chi connectivity index (χ1) is 14.7. The Morgan fingerprint density at radius 3 is 2.19 bits per heavy atom. The SMILES string of the molecule is CC(C(=O)N1CCC(c2ccccc2F)S(=O)(=O)CC1)N1C(=O)c2ccccc2C1=O. The second kappa shape index (κ2) is 7.88. The van der Waals surface area contributed by atoms with E-state index in [1.807, 2.05) is 0 Å². The molecule has 0 aromatic heterocycles. The van der Waals surface area contributed by atoms with E-state index in [0.29, 0.717) is 0 Å². The summed E-state index contributed by atoms with van der Waals surface area (Å²) in [6.45, 7) is 1.45. The molecule has 9 heteroatoms. The molecule has 4 rings (SSSR count). The Balaban J connectivity index is 1.55. The molecule has 3 amide bonds. The molecule has 0 saturated carbocycles. The number of imide groups is 1. The number of halogens is 1. The summed E-state index contributed by atoms with van der Waals surface area (Å²) in [6, 6.07) is 11.0. The lowest BCUT2D eigenvalue weighted by Gasteiger charge is -2.28. The molecule has 0 bridgehead atoms. The highest BCUT2D eigenvalue weighted by Gasteiger charge is 2.43. The van der Waals surface area contributed by atoms with E-state index < -0.39 is 44.7 Å². The van der Waals surface area contributed by atoms with E-state index in [1.54, 1.807) is 18.2 Å². The van der Waals surface area contributed by atoms with E-state index in [9.17, 15) is 27.2 Å². The maximum atomic E-state index is 14.2. The minimum atomic E-state index is -3.69. The highest BCUT2D eigenvalue weighted by atomic mass is 32.2. The van der Waals surface area contributed by atoms with Crippen LogP contribution in [-0.4, -0.2) is 60.8 Å². The van der Waals surface area contributed by atoms with Crippen LogP contribution in [0.4, 0.5) is 4.39 Å². The zero-order valence-electron chi connectivity index (χ0n) is 16.8. The van der Waals surface area contributed by atoms with E-state index in [4.69, 9.17) is 0 Å². The van der Waals surface area contributed by atoms with E-state index in [1.165, 1.54) is 42.2 Å². The van der Waals surface area contributed by atoms with Gasteiger partial charge in [-0.1, -0.05) is 30.3 Å². The summed E-state index contributed by atoms with van der Waals surface area (Å²) < 4.78 is 39.8. The summed E-state index contributed by atoms with van der Waals surface area (Å²) in [7, 11) is -3.69. The molecule has 2 aromatic carbocycles. The third-order valence-corrected chi connectivity index (χ3v) is 7.98. The molecule has 1 fully saturated rings. The molecule has 0 radical (unpaired) electrons. The maximum Gasteiger partial charge on any atom is 0.262 e. The van der Waals surface area contributed by atoms with Crippen LogP contribution in [-0.2, 0) is 14.6 Å². The van der Waals surface area contributed by atoms with Gasteiger partial charge in [0, 0.05) is 18.7 Å². The second-order valence-corrected chi connectivity index (χ2v) is 10.00. The van der Waals surface area contributed by atoms with E-state index in [0.717, 1.165) is 4.90 Å². The first-order valence-electron chi connectivity index (χ1n) is 9.94. The Morgan fingerprint density at radius 2 is 1.58 bits per heavy atom. The summed E-state index contributed by atoms with van der Waals surface area (Å²) in [6.07, 6.45) is 0.0316. The molecule has 0 N–H and O–H groups in total. The van der Waals surface area contributed by atoms with E-state index in [2.05, 4.69) is 0 Å². The molecule has 2 heterocycles. The van der Waals surface area contributed by atoms with Crippen LogP contribution in [0.3, 0.4) is 0 Å². The number of amides is 3. The number of hydrogen-bond donors (Lipinski definition) is 0. The summed E-state index contributed by atoms with van der Waals surface area (Å²) >= 11 is 0. The lowest BCUT2D eigenvalue weighted by atomic mass is 10.1. The van der Waals surface area contributed by atoms with E-state index in [-0.39, 0.29) is 42.0 Å². The predicted octanol–water partition coefficient (Wildman–Crippen LogP) is 2.20. The third kappa shape index (κ3) is 3.63. The van der Waals surface area contributed by atoms with Gasteiger partial charge < -0.3 is 4.90 Å². The van der Waals surface area contributed by atoms with Gasteiger partial charge in [-0.3, -0.25) is 19.3 Å². The normalized spacial score (nSPS) is 21.5.